The first-order chi connectivity index (χ1) is 20.6. The van der Waals surface area contributed by atoms with Gasteiger partial charge in [0.1, 0.15) is 17.5 Å². The van der Waals surface area contributed by atoms with Crippen LogP contribution in [-0.2, 0) is 25.5 Å². The largest absolute Gasteiger partial charge is 0.460 e. The van der Waals surface area contributed by atoms with Crippen molar-refractivity contribution in [3.63, 3.8) is 0 Å². The van der Waals surface area contributed by atoms with E-state index in [-0.39, 0.29) is 42.2 Å². The number of aromatic nitrogens is 2. The van der Waals surface area contributed by atoms with Gasteiger partial charge in [-0.3, -0.25) is 19.2 Å². The van der Waals surface area contributed by atoms with Gasteiger partial charge in [0.25, 0.3) is 11.5 Å². The minimum Gasteiger partial charge on any atom is -0.460 e. The molecule has 3 heterocycles. The van der Waals surface area contributed by atoms with Gasteiger partial charge in [-0.2, -0.15) is 0 Å². The summed E-state index contributed by atoms with van der Waals surface area (Å²) in [5.41, 5.74) is 0.154. The molecule has 4 rings (SSSR count). The highest BCUT2D eigenvalue weighted by Gasteiger charge is 2.30. The third-order valence-corrected chi connectivity index (χ3v) is 6.84. The molecule has 0 spiro atoms. The Balaban J connectivity index is 1.63. The molecule has 1 saturated heterocycles. The number of carbonyl (C=O) groups excluding carboxylic acids is 4. The predicted octanol–water partition coefficient (Wildman–Crippen LogP) is 2.70. The van der Waals surface area contributed by atoms with E-state index in [0.29, 0.717) is 18.7 Å². The van der Waals surface area contributed by atoms with Crippen molar-refractivity contribution >= 4 is 29.4 Å². The molecule has 0 bridgehead atoms. The number of nitrogens with one attached hydrogen (secondary N) is 3. The van der Waals surface area contributed by atoms with Gasteiger partial charge in [-0.15, -0.1) is 0 Å². The molecule has 3 aromatic rings. The van der Waals surface area contributed by atoms with Gasteiger partial charge in [0.15, 0.2) is 5.69 Å². The molecule has 2 aromatic heterocycles. The van der Waals surface area contributed by atoms with Crippen LogP contribution in [0.5, 0.6) is 0 Å². The summed E-state index contributed by atoms with van der Waals surface area (Å²) in [6, 6.07) is 11.9. The molecule has 12 heteroatoms. The van der Waals surface area contributed by atoms with Crippen molar-refractivity contribution in [3.05, 3.63) is 94.3 Å². The zero-order valence-electron chi connectivity index (χ0n) is 24.2. The Morgan fingerprint density at radius 3 is 2.58 bits per heavy atom. The highest BCUT2D eigenvalue weighted by molar-refractivity contribution is 6.02. The van der Waals surface area contributed by atoms with Gasteiger partial charge in [0.2, 0.25) is 11.8 Å². The summed E-state index contributed by atoms with van der Waals surface area (Å²) in [7, 11) is 0. The van der Waals surface area contributed by atoms with E-state index in [1.54, 1.807) is 26.8 Å². The molecule has 43 heavy (non-hydrogen) atoms. The lowest BCUT2D eigenvalue weighted by Crippen LogP contribution is -2.43. The van der Waals surface area contributed by atoms with Crippen LogP contribution in [0.3, 0.4) is 0 Å². The molecular formula is C31H35N5O7. The minimum absolute atomic E-state index is 0.00690. The van der Waals surface area contributed by atoms with Crippen molar-refractivity contribution in [1.29, 1.82) is 0 Å². The fraction of sp³-hybridized carbons (Fsp3) is 0.355. The second kappa shape index (κ2) is 14.3. The quantitative estimate of drug-likeness (QED) is 0.215. The van der Waals surface area contributed by atoms with Gasteiger partial charge in [-0.1, -0.05) is 41.6 Å². The van der Waals surface area contributed by atoms with Gasteiger partial charge in [-0.05, 0) is 51.3 Å². The molecule has 1 aromatic carbocycles. The molecule has 3 atom stereocenters. The van der Waals surface area contributed by atoms with Crippen molar-refractivity contribution in [2.75, 3.05) is 11.9 Å². The molecule has 0 saturated carbocycles. The molecule has 3 amide bonds. The van der Waals surface area contributed by atoms with Crippen LogP contribution < -0.4 is 21.5 Å². The maximum absolute atomic E-state index is 13.9. The second-order valence-corrected chi connectivity index (χ2v) is 10.6. The summed E-state index contributed by atoms with van der Waals surface area (Å²) in [4.78, 5) is 64.7. The number of nitrogens with zero attached hydrogens (tertiary/aromatic N) is 2. The van der Waals surface area contributed by atoms with E-state index in [1.807, 2.05) is 30.3 Å². The first kappa shape index (κ1) is 30.9. The number of anilines is 1. The number of amides is 3. The molecule has 0 unspecified atom stereocenters. The summed E-state index contributed by atoms with van der Waals surface area (Å²) in [6.07, 6.45) is 4.89. The molecule has 0 radical (unpaired) electrons. The topological polar surface area (TPSA) is 162 Å². The number of pyridine rings is 1. The summed E-state index contributed by atoms with van der Waals surface area (Å²) in [6.45, 7) is 5.62. The zero-order chi connectivity index (χ0) is 30.9. The van der Waals surface area contributed by atoms with Crippen LogP contribution in [0.15, 0.2) is 76.2 Å². The Morgan fingerprint density at radius 1 is 1.16 bits per heavy atom. The monoisotopic (exact) mass is 589 g/mol. The first-order valence-electron chi connectivity index (χ1n) is 14.1. The molecule has 0 aliphatic carbocycles. The second-order valence-electron chi connectivity index (χ2n) is 10.6. The fourth-order valence-corrected chi connectivity index (χ4v) is 4.77. The number of rotatable bonds is 12. The molecule has 1 fully saturated rings. The van der Waals surface area contributed by atoms with E-state index < -0.39 is 35.4 Å². The maximum atomic E-state index is 13.9. The molecule has 1 aliphatic heterocycles. The Kier molecular flexibility index (Phi) is 10.3. The highest BCUT2D eigenvalue weighted by Crippen LogP contribution is 2.20. The van der Waals surface area contributed by atoms with E-state index in [2.05, 4.69) is 21.1 Å². The Morgan fingerprint density at radius 2 is 1.93 bits per heavy atom. The van der Waals surface area contributed by atoms with E-state index in [9.17, 15) is 24.0 Å². The maximum Gasteiger partial charge on any atom is 0.330 e. The number of hydrogen-bond donors (Lipinski definition) is 3. The number of ether oxygens (including phenoxy) is 1. The van der Waals surface area contributed by atoms with Crippen molar-refractivity contribution in [2.45, 2.75) is 58.2 Å². The van der Waals surface area contributed by atoms with Gasteiger partial charge < -0.3 is 29.8 Å². The zero-order valence-corrected chi connectivity index (χ0v) is 24.2. The van der Waals surface area contributed by atoms with E-state index in [1.165, 1.54) is 35.0 Å². The molecule has 226 valence electrons. The lowest BCUT2D eigenvalue weighted by Gasteiger charge is -2.24. The predicted molar refractivity (Wildman–Crippen MR) is 157 cm³/mol. The average molecular weight is 590 g/mol. The van der Waals surface area contributed by atoms with Gasteiger partial charge in [0.05, 0.1) is 6.10 Å². The summed E-state index contributed by atoms with van der Waals surface area (Å²) in [5, 5.41) is 11.9. The van der Waals surface area contributed by atoms with Crippen LogP contribution in [0, 0.1) is 12.8 Å². The summed E-state index contributed by atoms with van der Waals surface area (Å²) in [5.74, 6) is -1.76. The average Bonchev–Trinajstić information content (AvgIpc) is 3.59. The van der Waals surface area contributed by atoms with Crippen molar-refractivity contribution in [1.82, 2.24) is 20.4 Å². The Labute approximate surface area is 248 Å². The van der Waals surface area contributed by atoms with Crippen LogP contribution in [0.1, 0.15) is 54.5 Å². The third-order valence-electron chi connectivity index (χ3n) is 6.84. The third kappa shape index (κ3) is 8.51. The van der Waals surface area contributed by atoms with Crippen molar-refractivity contribution < 1.29 is 28.4 Å². The lowest BCUT2D eigenvalue weighted by atomic mass is 9.97. The number of carbonyl (C=O) groups is 4. The minimum atomic E-state index is -1.03. The molecule has 3 N–H and O–H groups in total. The molecule has 12 nitrogen and oxygen atoms in total. The van der Waals surface area contributed by atoms with Crippen LogP contribution in [0.25, 0.3) is 0 Å². The molecule has 1 aliphatic rings. The highest BCUT2D eigenvalue weighted by atomic mass is 16.5. The summed E-state index contributed by atoms with van der Waals surface area (Å²) >= 11 is 0. The van der Waals surface area contributed by atoms with Gasteiger partial charge in [0, 0.05) is 43.3 Å². The lowest BCUT2D eigenvalue weighted by molar-refractivity contribution is -0.141. The van der Waals surface area contributed by atoms with E-state index in [0.717, 1.165) is 5.56 Å². The van der Waals surface area contributed by atoms with Crippen LogP contribution in [-0.4, -0.2) is 52.1 Å². The molecular weight excluding hydrogens is 554 g/mol. The SMILES string of the molecule is Cc1cc(C(=O)Nc2cccn([C@@H](Cc3ccccc3)C(=O)N[C@H](C=CC(=O)OC(C)C)C[C@@H]3CCNC3=O)c2=O)no1. The van der Waals surface area contributed by atoms with Gasteiger partial charge >= 0.3 is 5.97 Å². The first-order valence-corrected chi connectivity index (χ1v) is 14.1. The van der Waals surface area contributed by atoms with E-state index in [4.69, 9.17) is 9.26 Å². The number of hydrogen-bond acceptors (Lipinski definition) is 8. The summed E-state index contributed by atoms with van der Waals surface area (Å²) < 4.78 is 11.4. The van der Waals surface area contributed by atoms with Crippen LogP contribution >= 0.6 is 0 Å². The number of aryl methyl sites for hydroxylation is 1. The number of benzene rings is 1. The van der Waals surface area contributed by atoms with E-state index >= 15 is 0 Å². The van der Waals surface area contributed by atoms with Crippen molar-refractivity contribution in [3.8, 4) is 0 Å². The smallest absolute Gasteiger partial charge is 0.330 e. The van der Waals surface area contributed by atoms with Gasteiger partial charge in [-0.25, -0.2) is 4.79 Å². The van der Waals surface area contributed by atoms with Crippen molar-refractivity contribution in [2.24, 2.45) is 5.92 Å². The Bertz CT molecular complexity index is 1540. The van der Waals surface area contributed by atoms with Crippen LogP contribution in [0.4, 0.5) is 5.69 Å². The number of esters is 1. The Hall–Kier alpha value is -5.00. The van der Waals surface area contributed by atoms with Crippen LogP contribution in [0.2, 0.25) is 0 Å². The normalized spacial score (nSPS) is 16.1. The fourth-order valence-electron chi connectivity index (χ4n) is 4.77. The standard InChI is InChI=1S/C31H35N5O7/c1-19(2)42-27(37)12-11-23(18-22-13-14-32-28(22)38)33-30(40)26(17-21-8-5-4-6-9-21)36-15-7-10-24(31(36)41)34-29(39)25-16-20(3)43-35-25/h4-12,15-16,19,22-23,26H,13-14,17-18H2,1-3H3,(H,32,38)(H,33,40)(H,34,39)/t22-,23+,26-/m0/s1.